The van der Waals surface area contributed by atoms with Crippen molar-refractivity contribution in [2.75, 3.05) is 7.05 Å². The molecule has 1 aromatic carbocycles. The molecule has 0 bridgehead atoms. The lowest BCUT2D eigenvalue weighted by molar-refractivity contribution is -0.137. The Labute approximate surface area is 107 Å². The molecule has 0 atom stereocenters. The molecule has 1 N–H and O–H groups in total. The molecule has 0 amide bonds. The first-order chi connectivity index (χ1) is 8.99. The minimum absolute atomic E-state index is 0.314. The van der Waals surface area contributed by atoms with Crippen molar-refractivity contribution in [2.45, 2.75) is 19.1 Å². The van der Waals surface area contributed by atoms with Crippen molar-refractivity contribution in [3.8, 4) is 0 Å². The predicted molar refractivity (Wildman–Crippen MR) is 61.3 cm³/mol. The van der Waals surface area contributed by atoms with Crippen LogP contribution in [0.2, 0.25) is 0 Å². The first-order valence-corrected chi connectivity index (χ1v) is 5.61. The molecule has 0 aliphatic carbocycles. The Morgan fingerprint density at radius 3 is 2.47 bits per heavy atom. The number of aromatic nitrogens is 2. The van der Waals surface area contributed by atoms with Gasteiger partial charge in [0.25, 0.3) is 0 Å². The van der Waals surface area contributed by atoms with Gasteiger partial charge in [0.15, 0.2) is 5.82 Å². The van der Waals surface area contributed by atoms with Crippen LogP contribution < -0.4 is 5.32 Å². The van der Waals surface area contributed by atoms with Gasteiger partial charge in [-0.05, 0) is 24.7 Å². The van der Waals surface area contributed by atoms with Gasteiger partial charge in [-0.25, -0.2) is 0 Å². The van der Waals surface area contributed by atoms with E-state index in [0.717, 1.165) is 12.1 Å². The van der Waals surface area contributed by atoms with E-state index < -0.39 is 11.7 Å². The van der Waals surface area contributed by atoms with Crippen molar-refractivity contribution >= 4 is 0 Å². The molecule has 102 valence electrons. The Bertz CT molecular complexity index is 534. The zero-order valence-electron chi connectivity index (χ0n) is 10.2. The van der Waals surface area contributed by atoms with E-state index in [1.54, 1.807) is 7.05 Å². The minimum atomic E-state index is -4.32. The van der Waals surface area contributed by atoms with Crippen molar-refractivity contribution in [1.29, 1.82) is 0 Å². The molecule has 4 nitrogen and oxygen atoms in total. The summed E-state index contributed by atoms with van der Waals surface area (Å²) in [5.41, 5.74) is 0.0188. The molecule has 0 unspecified atom stereocenters. The monoisotopic (exact) mass is 271 g/mol. The van der Waals surface area contributed by atoms with E-state index in [2.05, 4.69) is 15.5 Å². The highest BCUT2D eigenvalue weighted by Gasteiger charge is 2.29. The summed E-state index contributed by atoms with van der Waals surface area (Å²) in [5.74, 6) is 0.898. The smallest absolute Gasteiger partial charge is 0.339 e. The second-order valence-electron chi connectivity index (χ2n) is 4.01. The first kappa shape index (κ1) is 13.5. The SMILES string of the molecule is CNCc1noc(Cc2ccc(C(F)(F)F)cc2)n1. The number of alkyl halides is 3. The second-order valence-corrected chi connectivity index (χ2v) is 4.01. The summed E-state index contributed by atoms with van der Waals surface area (Å²) in [7, 11) is 1.76. The molecule has 2 aromatic rings. The van der Waals surface area contributed by atoms with Crippen LogP contribution in [0.4, 0.5) is 13.2 Å². The molecule has 0 fully saturated rings. The van der Waals surface area contributed by atoms with Gasteiger partial charge in [0.2, 0.25) is 5.89 Å². The van der Waals surface area contributed by atoms with E-state index in [9.17, 15) is 13.2 Å². The summed E-state index contributed by atoms with van der Waals surface area (Å²) in [5, 5.41) is 6.61. The van der Waals surface area contributed by atoms with Crippen LogP contribution in [0.25, 0.3) is 0 Å². The van der Waals surface area contributed by atoms with Gasteiger partial charge in [0.05, 0.1) is 18.5 Å². The van der Waals surface area contributed by atoms with Crippen molar-refractivity contribution in [3.63, 3.8) is 0 Å². The number of hydrogen-bond donors (Lipinski definition) is 1. The highest BCUT2D eigenvalue weighted by Crippen LogP contribution is 2.29. The molecule has 19 heavy (non-hydrogen) atoms. The minimum Gasteiger partial charge on any atom is -0.339 e. The van der Waals surface area contributed by atoms with E-state index >= 15 is 0 Å². The van der Waals surface area contributed by atoms with E-state index in [0.29, 0.717) is 30.2 Å². The number of nitrogens with zero attached hydrogens (tertiary/aromatic N) is 2. The van der Waals surface area contributed by atoms with E-state index in [4.69, 9.17) is 4.52 Å². The predicted octanol–water partition coefficient (Wildman–Crippen LogP) is 2.40. The molecule has 1 heterocycles. The highest BCUT2D eigenvalue weighted by atomic mass is 19.4. The van der Waals surface area contributed by atoms with Crippen LogP contribution in [0.3, 0.4) is 0 Å². The summed E-state index contributed by atoms with van der Waals surface area (Å²) in [6, 6.07) is 4.90. The lowest BCUT2D eigenvalue weighted by Gasteiger charge is -2.06. The Hall–Kier alpha value is -1.89. The average Bonchev–Trinajstić information content (AvgIpc) is 2.77. The van der Waals surface area contributed by atoms with Gasteiger partial charge in [0.1, 0.15) is 0 Å². The largest absolute Gasteiger partial charge is 0.416 e. The maximum atomic E-state index is 12.4. The molecule has 0 saturated carbocycles. The molecule has 2 rings (SSSR count). The number of benzene rings is 1. The van der Waals surface area contributed by atoms with E-state index in [1.165, 1.54) is 12.1 Å². The molecule has 7 heteroatoms. The van der Waals surface area contributed by atoms with Crippen molar-refractivity contribution in [1.82, 2.24) is 15.5 Å². The topological polar surface area (TPSA) is 51.0 Å². The van der Waals surface area contributed by atoms with Crippen LogP contribution >= 0.6 is 0 Å². The van der Waals surface area contributed by atoms with Gasteiger partial charge in [-0.3, -0.25) is 0 Å². The number of nitrogens with one attached hydrogen (secondary N) is 1. The van der Waals surface area contributed by atoms with Crippen LogP contribution in [0.1, 0.15) is 22.8 Å². The average molecular weight is 271 g/mol. The Morgan fingerprint density at radius 2 is 1.89 bits per heavy atom. The first-order valence-electron chi connectivity index (χ1n) is 5.61. The van der Waals surface area contributed by atoms with Gasteiger partial charge in [0, 0.05) is 0 Å². The highest BCUT2D eigenvalue weighted by molar-refractivity contribution is 5.26. The van der Waals surface area contributed by atoms with Gasteiger partial charge in [-0.15, -0.1) is 0 Å². The summed E-state index contributed by atoms with van der Waals surface area (Å²) in [4.78, 5) is 4.10. The number of halogens is 3. The number of hydrogen-bond acceptors (Lipinski definition) is 4. The van der Waals surface area contributed by atoms with Crippen molar-refractivity contribution in [3.05, 3.63) is 47.1 Å². The maximum Gasteiger partial charge on any atom is 0.416 e. The third kappa shape index (κ3) is 3.54. The van der Waals surface area contributed by atoms with Crippen molar-refractivity contribution in [2.24, 2.45) is 0 Å². The van der Waals surface area contributed by atoms with Crippen LogP contribution in [0, 0.1) is 0 Å². The summed E-state index contributed by atoms with van der Waals surface area (Å²) < 4.78 is 42.2. The zero-order chi connectivity index (χ0) is 13.9. The lowest BCUT2D eigenvalue weighted by atomic mass is 10.1. The van der Waals surface area contributed by atoms with E-state index in [-0.39, 0.29) is 0 Å². The van der Waals surface area contributed by atoms with Gasteiger partial charge in [-0.2, -0.15) is 18.2 Å². The van der Waals surface area contributed by atoms with Gasteiger partial charge < -0.3 is 9.84 Å². The molecule has 0 aliphatic rings. The van der Waals surface area contributed by atoms with E-state index in [1.807, 2.05) is 0 Å². The normalized spacial score (nSPS) is 11.8. The summed E-state index contributed by atoms with van der Waals surface area (Å²) >= 11 is 0. The standard InChI is InChI=1S/C12H12F3N3O/c1-16-7-10-17-11(19-18-10)6-8-2-4-9(5-3-8)12(13,14)15/h2-5,16H,6-7H2,1H3. The number of rotatable bonds is 4. The van der Waals surface area contributed by atoms with Crippen LogP contribution in [-0.2, 0) is 19.1 Å². The lowest BCUT2D eigenvalue weighted by Crippen LogP contribution is -2.06. The van der Waals surface area contributed by atoms with Gasteiger partial charge >= 0.3 is 6.18 Å². The zero-order valence-corrected chi connectivity index (χ0v) is 10.2. The second kappa shape index (κ2) is 5.40. The van der Waals surface area contributed by atoms with Crippen LogP contribution in [0.5, 0.6) is 0 Å². The molecule has 0 radical (unpaired) electrons. The van der Waals surface area contributed by atoms with Crippen molar-refractivity contribution < 1.29 is 17.7 Å². The Balaban J connectivity index is 2.06. The third-order valence-electron chi connectivity index (χ3n) is 2.48. The Morgan fingerprint density at radius 1 is 1.21 bits per heavy atom. The fourth-order valence-corrected chi connectivity index (χ4v) is 1.58. The summed E-state index contributed by atoms with van der Waals surface area (Å²) in [6.45, 7) is 0.483. The quantitative estimate of drug-likeness (QED) is 0.927. The molecular weight excluding hydrogens is 259 g/mol. The fraction of sp³-hybridized carbons (Fsp3) is 0.333. The fourth-order valence-electron chi connectivity index (χ4n) is 1.58. The molecule has 0 saturated heterocycles. The molecule has 1 aromatic heterocycles. The summed E-state index contributed by atoms with van der Waals surface area (Å²) in [6.07, 6.45) is -4.00. The molecule has 0 spiro atoms. The van der Waals surface area contributed by atoms with Crippen LogP contribution in [-0.4, -0.2) is 17.2 Å². The Kier molecular flexibility index (Phi) is 3.84. The molecular formula is C12H12F3N3O. The maximum absolute atomic E-state index is 12.4. The van der Waals surface area contributed by atoms with Crippen LogP contribution in [0.15, 0.2) is 28.8 Å². The van der Waals surface area contributed by atoms with Gasteiger partial charge in [-0.1, -0.05) is 17.3 Å². The molecule has 0 aliphatic heterocycles. The third-order valence-corrected chi connectivity index (χ3v) is 2.48.